The summed E-state index contributed by atoms with van der Waals surface area (Å²) in [7, 11) is 2.04. The number of amides is 1. The molecule has 25 heavy (non-hydrogen) atoms. The maximum absolute atomic E-state index is 12.6. The van der Waals surface area contributed by atoms with Gasteiger partial charge in [0.05, 0.1) is 11.0 Å². The minimum atomic E-state index is 0.0568. The molecule has 1 aliphatic heterocycles. The van der Waals surface area contributed by atoms with E-state index < -0.39 is 0 Å². The van der Waals surface area contributed by atoms with E-state index in [-0.39, 0.29) is 5.91 Å². The highest BCUT2D eigenvalue weighted by Crippen LogP contribution is 2.22. The van der Waals surface area contributed by atoms with Gasteiger partial charge in [-0.15, -0.1) is 0 Å². The molecular formula is C19H19ClN4O. The highest BCUT2D eigenvalue weighted by molar-refractivity contribution is 6.30. The zero-order chi connectivity index (χ0) is 17.4. The van der Waals surface area contributed by atoms with Crippen LogP contribution in [0.2, 0.25) is 5.02 Å². The molecular weight excluding hydrogens is 336 g/mol. The molecule has 0 saturated carbocycles. The number of carbonyl (C=O) groups excluding carboxylic acids is 1. The van der Waals surface area contributed by atoms with Crippen LogP contribution in [-0.2, 0) is 7.05 Å². The average molecular weight is 355 g/mol. The Bertz CT molecular complexity index is 911. The number of halogens is 1. The normalized spacial score (nSPS) is 15.0. The predicted molar refractivity (Wildman–Crippen MR) is 100 cm³/mol. The second-order valence-corrected chi connectivity index (χ2v) is 6.68. The Labute approximate surface area is 151 Å². The van der Waals surface area contributed by atoms with Crippen LogP contribution >= 0.6 is 11.6 Å². The highest BCUT2D eigenvalue weighted by Gasteiger charge is 2.24. The van der Waals surface area contributed by atoms with E-state index in [1.165, 1.54) is 0 Å². The van der Waals surface area contributed by atoms with Crippen LogP contribution in [0.25, 0.3) is 11.0 Å². The van der Waals surface area contributed by atoms with E-state index >= 15 is 0 Å². The molecule has 128 valence electrons. The molecule has 6 heteroatoms. The van der Waals surface area contributed by atoms with Crippen LogP contribution in [0, 0.1) is 0 Å². The van der Waals surface area contributed by atoms with Crippen molar-refractivity contribution in [1.82, 2.24) is 14.5 Å². The van der Waals surface area contributed by atoms with Gasteiger partial charge in [0.25, 0.3) is 5.91 Å². The first kappa shape index (κ1) is 16.0. The van der Waals surface area contributed by atoms with E-state index in [2.05, 4.69) is 15.5 Å². The average Bonchev–Trinajstić information content (AvgIpc) is 2.99. The van der Waals surface area contributed by atoms with Gasteiger partial charge in [-0.05, 0) is 36.4 Å². The van der Waals surface area contributed by atoms with E-state index in [4.69, 9.17) is 16.6 Å². The zero-order valence-corrected chi connectivity index (χ0v) is 14.8. The smallest absolute Gasteiger partial charge is 0.253 e. The van der Waals surface area contributed by atoms with Gasteiger partial charge in [-0.2, -0.15) is 0 Å². The molecule has 1 fully saturated rings. The summed E-state index contributed by atoms with van der Waals surface area (Å²) in [6, 6.07) is 15.2. The number of hydrogen-bond acceptors (Lipinski definition) is 3. The third-order valence-electron chi connectivity index (χ3n) is 4.70. The van der Waals surface area contributed by atoms with Crippen LogP contribution in [0.3, 0.4) is 0 Å². The van der Waals surface area contributed by atoms with Gasteiger partial charge in [-0.25, -0.2) is 4.98 Å². The van der Waals surface area contributed by atoms with Gasteiger partial charge in [0, 0.05) is 43.8 Å². The Morgan fingerprint density at radius 1 is 1.00 bits per heavy atom. The number of aromatic nitrogens is 2. The fraction of sp³-hybridized carbons (Fsp3) is 0.263. The van der Waals surface area contributed by atoms with Gasteiger partial charge < -0.3 is 14.4 Å². The number of nitrogens with zero attached hydrogens (tertiary/aromatic N) is 4. The molecule has 0 bridgehead atoms. The number of para-hydroxylation sites is 2. The maximum Gasteiger partial charge on any atom is 0.253 e. The summed E-state index contributed by atoms with van der Waals surface area (Å²) in [6.45, 7) is 2.92. The summed E-state index contributed by atoms with van der Waals surface area (Å²) in [4.78, 5) is 21.5. The lowest BCUT2D eigenvalue weighted by Crippen LogP contribution is -2.49. The Kier molecular flexibility index (Phi) is 4.09. The number of rotatable bonds is 2. The van der Waals surface area contributed by atoms with Crippen molar-refractivity contribution in [2.24, 2.45) is 7.05 Å². The molecule has 5 nitrogen and oxygen atoms in total. The van der Waals surface area contributed by atoms with Crippen LogP contribution in [0.4, 0.5) is 5.95 Å². The van der Waals surface area contributed by atoms with E-state index in [0.717, 1.165) is 30.1 Å². The molecule has 0 atom stereocenters. The molecule has 2 aromatic carbocycles. The van der Waals surface area contributed by atoms with E-state index in [1.807, 2.05) is 30.1 Å². The van der Waals surface area contributed by atoms with Crippen molar-refractivity contribution in [1.29, 1.82) is 0 Å². The van der Waals surface area contributed by atoms with Crippen molar-refractivity contribution in [3.05, 3.63) is 59.1 Å². The number of piperazine rings is 1. The molecule has 0 aliphatic carbocycles. The maximum atomic E-state index is 12.6. The van der Waals surface area contributed by atoms with Crippen LogP contribution in [0.1, 0.15) is 10.4 Å². The van der Waals surface area contributed by atoms with Crippen LogP contribution in [-0.4, -0.2) is 46.5 Å². The van der Waals surface area contributed by atoms with Gasteiger partial charge in [-0.1, -0.05) is 23.7 Å². The molecule has 1 amide bonds. The summed E-state index contributed by atoms with van der Waals surface area (Å²) < 4.78 is 2.12. The van der Waals surface area contributed by atoms with Crippen LogP contribution in [0.5, 0.6) is 0 Å². The minimum Gasteiger partial charge on any atom is -0.339 e. The van der Waals surface area contributed by atoms with E-state index in [0.29, 0.717) is 23.7 Å². The summed E-state index contributed by atoms with van der Waals surface area (Å²) >= 11 is 5.90. The lowest BCUT2D eigenvalue weighted by Gasteiger charge is -2.35. The summed E-state index contributed by atoms with van der Waals surface area (Å²) in [5.74, 6) is 1.01. The monoisotopic (exact) mass is 354 g/mol. The standard InChI is InChI=1S/C19H19ClN4O/c1-22-17-5-3-2-4-16(17)21-19(22)24-12-10-23(11-13-24)18(25)14-6-8-15(20)9-7-14/h2-9H,10-13H2,1H3. The lowest BCUT2D eigenvalue weighted by molar-refractivity contribution is 0.0746. The first-order valence-electron chi connectivity index (χ1n) is 8.35. The van der Waals surface area contributed by atoms with Crippen molar-refractivity contribution in [2.45, 2.75) is 0 Å². The molecule has 1 aliphatic rings. The fourth-order valence-corrected chi connectivity index (χ4v) is 3.43. The van der Waals surface area contributed by atoms with E-state index in [1.54, 1.807) is 24.3 Å². The third-order valence-corrected chi connectivity index (χ3v) is 4.96. The van der Waals surface area contributed by atoms with Crippen molar-refractivity contribution in [3.8, 4) is 0 Å². The van der Waals surface area contributed by atoms with Gasteiger partial charge in [0.15, 0.2) is 0 Å². The predicted octanol–water partition coefficient (Wildman–Crippen LogP) is 3.19. The Morgan fingerprint density at radius 3 is 2.36 bits per heavy atom. The molecule has 0 unspecified atom stereocenters. The zero-order valence-electron chi connectivity index (χ0n) is 14.0. The topological polar surface area (TPSA) is 41.4 Å². The Morgan fingerprint density at radius 2 is 1.68 bits per heavy atom. The van der Waals surface area contributed by atoms with Crippen molar-refractivity contribution < 1.29 is 4.79 Å². The molecule has 3 aromatic rings. The molecule has 4 rings (SSSR count). The number of fused-ring (bicyclic) bond motifs is 1. The number of anilines is 1. The summed E-state index contributed by atoms with van der Waals surface area (Å²) in [5.41, 5.74) is 2.80. The number of imidazole rings is 1. The first-order chi connectivity index (χ1) is 12.1. The van der Waals surface area contributed by atoms with Crippen molar-refractivity contribution >= 4 is 34.5 Å². The quantitative estimate of drug-likeness (QED) is 0.709. The van der Waals surface area contributed by atoms with E-state index in [9.17, 15) is 4.79 Å². The first-order valence-corrected chi connectivity index (χ1v) is 8.72. The molecule has 0 radical (unpaired) electrons. The molecule has 1 saturated heterocycles. The van der Waals surface area contributed by atoms with Gasteiger partial charge in [0.1, 0.15) is 0 Å². The number of hydrogen-bond donors (Lipinski definition) is 0. The van der Waals surface area contributed by atoms with Gasteiger partial charge >= 0.3 is 0 Å². The van der Waals surface area contributed by atoms with Crippen molar-refractivity contribution in [3.63, 3.8) is 0 Å². The molecule has 2 heterocycles. The summed E-state index contributed by atoms with van der Waals surface area (Å²) in [6.07, 6.45) is 0. The van der Waals surface area contributed by atoms with Crippen LogP contribution in [0.15, 0.2) is 48.5 Å². The molecule has 1 aromatic heterocycles. The highest BCUT2D eigenvalue weighted by atomic mass is 35.5. The number of benzene rings is 2. The Balaban J connectivity index is 1.48. The lowest BCUT2D eigenvalue weighted by atomic mass is 10.2. The van der Waals surface area contributed by atoms with Gasteiger partial charge in [-0.3, -0.25) is 4.79 Å². The van der Waals surface area contributed by atoms with Crippen LogP contribution < -0.4 is 4.90 Å². The number of carbonyl (C=O) groups is 1. The molecule has 0 N–H and O–H groups in total. The van der Waals surface area contributed by atoms with Gasteiger partial charge in [0.2, 0.25) is 5.95 Å². The summed E-state index contributed by atoms with van der Waals surface area (Å²) in [5, 5.41) is 0.642. The SMILES string of the molecule is Cn1c(N2CCN(C(=O)c3ccc(Cl)cc3)CC2)nc2ccccc21. The number of aryl methyl sites for hydroxylation is 1. The largest absolute Gasteiger partial charge is 0.339 e. The Hall–Kier alpha value is -2.53. The minimum absolute atomic E-state index is 0.0568. The van der Waals surface area contributed by atoms with Crippen molar-refractivity contribution in [2.75, 3.05) is 31.1 Å². The second-order valence-electron chi connectivity index (χ2n) is 6.25. The molecule has 0 spiro atoms. The fourth-order valence-electron chi connectivity index (χ4n) is 3.30. The third kappa shape index (κ3) is 2.96. The second kappa shape index (κ2) is 6.41.